The van der Waals surface area contributed by atoms with Crippen LogP contribution >= 0.6 is 11.6 Å². The fourth-order valence-electron chi connectivity index (χ4n) is 2.72. The Morgan fingerprint density at radius 3 is 2.42 bits per heavy atom. The maximum absolute atomic E-state index is 6.15. The molecule has 0 spiro atoms. The minimum absolute atomic E-state index is 0.784. The lowest BCUT2D eigenvalue weighted by atomic mass is 10.2. The fraction of sp³-hybridized carbons (Fsp3) is 0.455. The van der Waals surface area contributed by atoms with Gasteiger partial charge in [0.15, 0.2) is 0 Å². The molecule has 142 valence electrons. The summed E-state index contributed by atoms with van der Waals surface area (Å²) in [6.45, 7) is 5.57. The maximum Gasteiger partial charge on any atom is 0.119 e. The molecule has 4 heteroatoms. The molecule has 0 radical (unpaired) electrons. The van der Waals surface area contributed by atoms with Crippen molar-refractivity contribution in [3.05, 3.63) is 59.1 Å². The van der Waals surface area contributed by atoms with Crippen molar-refractivity contribution in [3.63, 3.8) is 0 Å². The Bertz CT molecular complexity index is 616. The van der Waals surface area contributed by atoms with Crippen LogP contribution in [0.5, 0.6) is 5.75 Å². The highest BCUT2D eigenvalue weighted by Crippen LogP contribution is 2.16. The molecule has 2 aromatic carbocycles. The van der Waals surface area contributed by atoms with Gasteiger partial charge in [-0.2, -0.15) is 0 Å². The molecule has 3 nitrogen and oxygen atoms in total. The molecule has 0 unspecified atom stereocenters. The molecule has 0 saturated carbocycles. The van der Waals surface area contributed by atoms with Gasteiger partial charge in [-0.05, 0) is 42.3 Å². The second-order valence-electron chi connectivity index (χ2n) is 6.48. The third kappa shape index (κ3) is 8.11. The average molecular weight is 375 g/mol. The zero-order valence-electron chi connectivity index (χ0n) is 15.8. The van der Waals surface area contributed by atoms with Crippen molar-refractivity contribution in [2.75, 3.05) is 25.0 Å². The average Bonchev–Trinajstić information content (AvgIpc) is 2.67. The standard InChI is InChI=1S/C22H31ClN2O/c1-2-3-4-5-8-17-26-21-13-11-20(12-14-21)25-16-15-24-18-19-9-6-7-10-22(19)23/h6-7,9-14,24-25H,2-5,8,15-18H2,1H3. The van der Waals surface area contributed by atoms with Crippen molar-refractivity contribution >= 4 is 17.3 Å². The van der Waals surface area contributed by atoms with Crippen LogP contribution < -0.4 is 15.4 Å². The highest BCUT2D eigenvalue weighted by Gasteiger charge is 1.99. The topological polar surface area (TPSA) is 33.3 Å². The summed E-state index contributed by atoms with van der Waals surface area (Å²) in [5.74, 6) is 0.947. The van der Waals surface area contributed by atoms with E-state index in [1.165, 1.54) is 25.7 Å². The van der Waals surface area contributed by atoms with Gasteiger partial charge in [0.1, 0.15) is 5.75 Å². The van der Waals surface area contributed by atoms with Crippen LogP contribution in [0.1, 0.15) is 44.6 Å². The van der Waals surface area contributed by atoms with Gasteiger partial charge in [0.2, 0.25) is 0 Å². The lowest BCUT2D eigenvalue weighted by Crippen LogP contribution is -2.21. The predicted molar refractivity (Wildman–Crippen MR) is 112 cm³/mol. The van der Waals surface area contributed by atoms with E-state index in [-0.39, 0.29) is 0 Å². The smallest absolute Gasteiger partial charge is 0.119 e. The summed E-state index contributed by atoms with van der Waals surface area (Å²) in [5.41, 5.74) is 2.24. The molecule has 0 bridgehead atoms. The molecule has 2 N–H and O–H groups in total. The number of halogens is 1. The van der Waals surface area contributed by atoms with Crippen LogP contribution in [0, 0.1) is 0 Å². The van der Waals surface area contributed by atoms with Crippen molar-refractivity contribution in [1.82, 2.24) is 5.32 Å². The van der Waals surface area contributed by atoms with E-state index < -0.39 is 0 Å². The Kier molecular flexibility index (Phi) is 9.99. The quantitative estimate of drug-likeness (QED) is 0.429. The molecule has 0 aromatic heterocycles. The Morgan fingerprint density at radius 2 is 1.65 bits per heavy atom. The summed E-state index contributed by atoms with van der Waals surface area (Å²) in [7, 11) is 0. The molecule has 0 atom stereocenters. The molecular weight excluding hydrogens is 344 g/mol. The lowest BCUT2D eigenvalue weighted by molar-refractivity contribution is 0.304. The third-order valence-corrected chi connectivity index (χ3v) is 4.64. The Balaban J connectivity index is 1.56. The first-order chi connectivity index (χ1) is 12.8. The largest absolute Gasteiger partial charge is 0.494 e. The zero-order valence-corrected chi connectivity index (χ0v) is 16.5. The molecular formula is C22H31ClN2O. The van der Waals surface area contributed by atoms with Gasteiger partial charge >= 0.3 is 0 Å². The number of hydrogen-bond donors (Lipinski definition) is 2. The van der Waals surface area contributed by atoms with Gasteiger partial charge in [0, 0.05) is 30.3 Å². The van der Waals surface area contributed by atoms with Gasteiger partial charge in [0.05, 0.1) is 6.61 Å². The second kappa shape index (κ2) is 12.6. The predicted octanol–water partition coefficient (Wildman–Crippen LogP) is 5.89. The van der Waals surface area contributed by atoms with Crippen LogP contribution in [0.3, 0.4) is 0 Å². The number of rotatable bonds is 13. The molecule has 0 aliphatic carbocycles. The minimum atomic E-state index is 0.784. The van der Waals surface area contributed by atoms with Gasteiger partial charge < -0.3 is 15.4 Å². The molecule has 0 fully saturated rings. The highest BCUT2D eigenvalue weighted by atomic mass is 35.5. The molecule has 0 saturated heterocycles. The number of benzene rings is 2. The van der Waals surface area contributed by atoms with Crippen molar-refractivity contribution in [1.29, 1.82) is 0 Å². The maximum atomic E-state index is 6.15. The first-order valence-corrected chi connectivity index (χ1v) is 10.1. The van der Waals surface area contributed by atoms with E-state index >= 15 is 0 Å². The van der Waals surface area contributed by atoms with Gasteiger partial charge in [-0.25, -0.2) is 0 Å². The molecule has 0 heterocycles. The summed E-state index contributed by atoms with van der Waals surface area (Å²) >= 11 is 6.15. The van der Waals surface area contributed by atoms with Crippen LogP contribution in [-0.2, 0) is 6.54 Å². The minimum Gasteiger partial charge on any atom is -0.494 e. The van der Waals surface area contributed by atoms with Crippen molar-refractivity contribution in [3.8, 4) is 5.75 Å². The van der Waals surface area contributed by atoms with Crippen LogP contribution in [0.25, 0.3) is 0 Å². The summed E-state index contributed by atoms with van der Waals surface area (Å²) in [5, 5.41) is 7.63. The highest BCUT2D eigenvalue weighted by molar-refractivity contribution is 6.31. The van der Waals surface area contributed by atoms with Gasteiger partial charge in [-0.1, -0.05) is 62.4 Å². The molecule has 2 rings (SSSR count). The van der Waals surface area contributed by atoms with Crippen LogP contribution in [0.2, 0.25) is 5.02 Å². The van der Waals surface area contributed by atoms with Crippen LogP contribution in [0.15, 0.2) is 48.5 Å². The normalized spacial score (nSPS) is 10.7. The molecule has 0 aliphatic rings. The van der Waals surface area contributed by atoms with Crippen LogP contribution in [0.4, 0.5) is 5.69 Å². The summed E-state index contributed by atoms with van der Waals surface area (Å²) in [4.78, 5) is 0. The zero-order chi connectivity index (χ0) is 18.5. The van der Waals surface area contributed by atoms with E-state index in [1.54, 1.807) is 0 Å². The van der Waals surface area contributed by atoms with E-state index in [0.29, 0.717) is 0 Å². The van der Waals surface area contributed by atoms with Gasteiger partial charge in [0.25, 0.3) is 0 Å². The van der Waals surface area contributed by atoms with E-state index in [4.69, 9.17) is 16.3 Å². The fourth-order valence-corrected chi connectivity index (χ4v) is 2.93. The van der Waals surface area contributed by atoms with E-state index in [1.807, 2.05) is 36.4 Å². The van der Waals surface area contributed by atoms with E-state index in [0.717, 1.165) is 54.7 Å². The Labute approximate surface area is 163 Å². The SMILES string of the molecule is CCCCCCCOc1ccc(NCCNCc2ccccc2Cl)cc1. The Hall–Kier alpha value is -1.71. The lowest BCUT2D eigenvalue weighted by Gasteiger charge is -2.10. The summed E-state index contributed by atoms with van der Waals surface area (Å²) in [6.07, 6.45) is 6.32. The summed E-state index contributed by atoms with van der Waals surface area (Å²) in [6, 6.07) is 16.1. The number of unbranched alkanes of at least 4 members (excludes halogenated alkanes) is 4. The number of anilines is 1. The monoisotopic (exact) mass is 374 g/mol. The van der Waals surface area contributed by atoms with Gasteiger partial charge in [-0.15, -0.1) is 0 Å². The number of ether oxygens (including phenoxy) is 1. The van der Waals surface area contributed by atoms with E-state index in [2.05, 4.69) is 29.7 Å². The van der Waals surface area contributed by atoms with Crippen molar-refractivity contribution < 1.29 is 4.74 Å². The molecule has 26 heavy (non-hydrogen) atoms. The first kappa shape index (κ1) is 20.6. The van der Waals surface area contributed by atoms with Crippen LogP contribution in [-0.4, -0.2) is 19.7 Å². The van der Waals surface area contributed by atoms with Crippen molar-refractivity contribution in [2.45, 2.75) is 45.6 Å². The van der Waals surface area contributed by atoms with Gasteiger partial charge in [-0.3, -0.25) is 0 Å². The molecule has 2 aromatic rings. The Morgan fingerprint density at radius 1 is 0.885 bits per heavy atom. The van der Waals surface area contributed by atoms with Crippen molar-refractivity contribution in [2.24, 2.45) is 0 Å². The number of nitrogens with one attached hydrogen (secondary N) is 2. The summed E-state index contributed by atoms with van der Waals surface area (Å²) < 4.78 is 5.79. The second-order valence-corrected chi connectivity index (χ2v) is 6.89. The first-order valence-electron chi connectivity index (χ1n) is 9.70. The number of hydrogen-bond acceptors (Lipinski definition) is 3. The van der Waals surface area contributed by atoms with E-state index in [9.17, 15) is 0 Å². The molecule has 0 aliphatic heterocycles. The molecule has 0 amide bonds. The third-order valence-electron chi connectivity index (χ3n) is 4.28.